The third-order valence-corrected chi connectivity index (χ3v) is 2.22. The summed E-state index contributed by atoms with van der Waals surface area (Å²) < 4.78 is 0. The average Bonchev–Trinajstić information content (AvgIpc) is 2.26. The molecule has 6 nitrogen and oxygen atoms in total. The molecule has 0 saturated heterocycles. The number of nitrogens with one attached hydrogen (secondary N) is 1. The van der Waals surface area contributed by atoms with E-state index >= 15 is 0 Å². The number of hydrogen-bond acceptors (Lipinski definition) is 5. The molecule has 1 unspecified atom stereocenters. The first-order chi connectivity index (χ1) is 7.99. The van der Waals surface area contributed by atoms with Crippen LogP contribution in [0.1, 0.15) is 20.3 Å². The lowest BCUT2D eigenvalue weighted by Gasteiger charge is -2.13. The van der Waals surface area contributed by atoms with Crippen LogP contribution in [0.3, 0.4) is 0 Å². The largest absolute Gasteiger partial charge is 0.391 e. The third-order valence-electron chi connectivity index (χ3n) is 2.22. The van der Waals surface area contributed by atoms with E-state index in [-0.39, 0.29) is 5.69 Å². The molecule has 0 aliphatic rings. The van der Waals surface area contributed by atoms with Crippen LogP contribution in [0.4, 0.5) is 11.5 Å². The Hall–Kier alpha value is -1.69. The highest BCUT2D eigenvalue weighted by Crippen LogP contribution is 2.14. The smallest absolute Gasteiger partial charge is 0.274 e. The van der Waals surface area contributed by atoms with Gasteiger partial charge in [-0.05, 0) is 12.3 Å². The minimum absolute atomic E-state index is 0.0131. The predicted molar refractivity (Wildman–Crippen MR) is 64.8 cm³/mol. The molecule has 0 aromatic carbocycles. The highest BCUT2D eigenvalue weighted by molar-refractivity contribution is 5.44. The topological polar surface area (TPSA) is 88.3 Å². The van der Waals surface area contributed by atoms with Crippen molar-refractivity contribution in [3.05, 3.63) is 28.4 Å². The normalized spacial score (nSPS) is 12.5. The van der Waals surface area contributed by atoms with Gasteiger partial charge in [0.1, 0.15) is 5.82 Å². The van der Waals surface area contributed by atoms with E-state index in [4.69, 9.17) is 0 Å². The standard InChI is InChI=1S/C11H17N3O3/c1-8(2)5-10(15)7-13-11-6-9(14(16)17)3-4-12-11/h3-4,6,8,10,15H,5,7H2,1-2H3,(H,12,13). The van der Waals surface area contributed by atoms with E-state index in [1.165, 1.54) is 18.3 Å². The second kappa shape index (κ2) is 6.15. The maximum absolute atomic E-state index is 10.5. The van der Waals surface area contributed by atoms with Gasteiger partial charge < -0.3 is 10.4 Å². The molecule has 0 aliphatic carbocycles. The molecule has 0 amide bonds. The second-order valence-corrected chi connectivity index (χ2v) is 4.32. The Kier molecular flexibility index (Phi) is 4.84. The Balaban J connectivity index is 2.51. The molecule has 0 radical (unpaired) electrons. The van der Waals surface area contributed by atoms with Gasteiger partial charge in [-0.15, -0.1) is 0 Å². The van der Waals surface area contributed by atoms with Crippen molar-refractivity contribution in [2.24, 2.45) is 5.92 Å². The molecular weight excluding hydrogens is 222 g/mol. The summed E-state index contributed by atoms with van der Waals surface area (Å²) >= 11 is 0. The summed E-state index contributed by atoms with van der Waals surface area (Å²) in [6, 6.07) is 2.68. The van der Waals surface area contributed by atoms with E-state index in [9.17, 15) is 15.2 Å². The van der Waals surface area contributed by atoms with Gasteiger partial charge >= 0.3 is 0 Å². The molecule has 0 saturated carbocycles. The minimum atomic E-state index is -0.476. The molecule has 1 rings (SSSR count). The zero-order valence-electron chi connectivity index (χ0n) is 9.96. The SMILES string of the molecule is CC(C)CC(O)CNc1cc([N+](=O)[O-])ccn1. The molecule has 1 heterocycles. The number of hydrogen-bond donors (Lipinski definition) is 2. The van der Waals surface area contributed by atoms with Crippen molar-refractivity contribution in [1.29, 1.82) is 0 Å². The number of anilines is 1. The van der Waals surface area contributed by atoms with Crippen LogP contribution < -0.4 is 5.32 Å². The second-order valence-electron chi connectivity index (χ2n) is 4.32. The van der Waals surface area contributed by atoms with E-state index < -0.39 is 11.0 Å². The molecule has 1 aromatic heterocycles. The van der Waals surface area contributed by atoms with Crippen LogP contribution in [0, 0.1) is 16.0 Å². The average molecular weight is 239 g/mol. The summed E-state index contributed by atoms with van der Waals surface area (Å²) in [7, 11) is 0. The third kappa shape index (κ3) is 4.78. The van der Waals surface area contributed by atoms with Crippen LogP contribution in [0.5, 0.6) is 0 Å². The van der Waals surface area contributed by atoms with Gasteiger partial charge in [-0.1, -0.05) is 13.8 Å². The molecule has 0 fully saturated rings. The predicted octanol–water partition coefficient (Wildman–Crippen LogP) is 1.81. The monoisotopic (exact) mass is 239 g/mol. The summed E-state index contributed by atoms with van der Waals surface area (Å²) in [6.07, 6.45) is 1.58. The molecule has 1 aromatic rings. The number of aromatic nitrogens is 1. The first-order valence-electron chi connectivity index (χ1n) is 5.51. The minimum Gasteiger partial charge on any atom is -0.391 e. The molecule has 2 N–H and O–H groups in total. The molecule has 1 atom stereocenters. The fourth-order valence-electron chi connectivity index (χ4n) is 1.48. The van der Waals surface area contributed by atoms with Crippen molar-refractivity contribution in [2.45, 2.75) is 26.4 Å². The van der Waals surface area contributed by atoms with Crippen molar-refractivity contribution in [3.8, 4) is 0 Å². The van der Waals surface area contributed by atoms with Crippen LogP contribution in [0.15, 0.2) is 18.3 Å². The highest BCUT2D eigenvalue weighted by atomic mass is 16.6. The maximum Gasteiger partial charge on any atom is 0.274 e. The summed E-state index contributed by atoms with van der Waals surface area (Å²) in [4.78, 5) is 14.0. The summed E-state index contributed by atoms with van der Waals surface area (Å²) in [6.45, 7) is 4.38. The van der Waals surface area contributed by atoms with Crippen LogP contribution in [-0.2, 0) is 0 Å². The Morgan fingerprint density at radius 2 is 2.29 bits per heavy atom. The fraction of sp³-hybridized carbons (Fsp3) is 0.545. The number of pyridine rings is 1. The molecular formula is C11H17N3O3. The zero-order valence-corrected chi connectivity index (χ0v) is 9.96. The fourth-order valence-corrected chi connectivity index (χ4v) is 1.48. The summed E-state index contributed by atoms with van der Waals surface area (Å²) in [5, 5.41) is 23.1. The van der Waals surface area contributed by atoms with Gasteiger partial charge in [-0.2, -0.15) is 0 Å². The molecule has 17 heavy (non-hydrogen) atoms. The van der Waals surface area contributed by atoms with Gasteiger partial charge in [0.15, 0.2) is 0 Å². The van der Waals surface area contributed by atoms with Gasteiger partial charge in [0, 0.05) is 18.8 Å². The van der Waals surface area contributed by atoms with Crippen LogP contribution in [0.25, 0.3) is 0 Å². The van der Waals surface area contributed by atoms with Crippen molar-refractivity contribution < 1.29 is 10.0 Å². The summed E-state index contributed by atoms with van der Waals surface area (Å²) in [5.41, 5.74) is -0.0131. The van der Waals surface area contributed by atoms with Crippen LogP contribution in [-0.4, -0.2) is 27.7 Å². The van der Waals surface area contributed by atoms with Crippen LogP contribution >= 0.6 is 0 Å². The van der Waals surface area contributed by atoms with Gasteiger partial charge in [0.2, 0.25) is 0 Å². The number of rotatable bonds is 6. The zero-order chi connectivity index (χ0) is 12.8. The first-order valence-corrected chi connectivity index (χ1v) is 5.51. The highest BCUT2D eigenvalue weighted by Gasteiger charge is 2.09. The van der Waals surface area contributed by atoms with E-state index in [0.717, 1.165) is 0 Å². The maximum atomic E-state index is 10.5. The van der Waals surface area contributed by atoms with E-state index in [2.05, 4.69) is 10.3 Å². The molecule has 0 aliphatic heterocycles. The molecule has 0 bridgehead atoms. The van der Waals surface area contributed by atoms with Gasteiger partial charge in [-0.25, -0.2) is 4.98 Å². The van der Waals surface area contributed by atoms with Crippen LogP contribution in [0.2, 0.25) is 0 Å². The van der Waals surface area contributed by atoms with Crippen molar-refractivity contribution >= 4 is 11.5 Å². The Morgan fingerprint density at radius 3 is 2.88 bits per heavy atom. The number of aliphatic hydroxyl groups is 1. The van der Waals surface area contributed by atoms with Gasteiger partial charge in [0.25, 0.3) is 5.69 Å². The Bertz CT molecular complexity index is 382. The lowest BCUT2D eigenvalue weighted by Crippen LogP contribution is -2.21. The van der Waals surface area contributed by atoms with E-state index in [1.54, 1.807) is 0 Å². The molecule has 0 spiro atoms. The number of nitrogens with zero attached hydrogens (tertiary/aromatic N) is 2. The first kappa shape index (κ1) is 13.4. The van der Waals surface area contributed by atoms with E-state index in [0.29, 0.717) is 24.7 Å². The summed E-state index contributed by atoms with van der Waals surface area (Å²) in [5.74, 6) is 0.812. The lowest BCUT2D eigenvalue weighted by atomic mass is 10.1. The van der Waals surface area contributed by atoms with Crippen molar-refractivity contribution in [1.82, 2.24) is 4.98 Å². The quantitative estimate of drug-likeness (QED) is 0.583. The van der Waals surface area contributed by atoms with Gasteiger partial charge in [-0.3, -0.25) is 10.1 Å². The Labute approximate surface area is 99.8 Å². The molecule has 6 heteroatoms. The lowest BCUT2D eigenvalue weighted by molar-refractivity contribution is -0.384. The number of aliphatic hydroxyl groups excluding tert-OH is 1. The molecule has 94 valence electrons. The van der Waals surface area contributed by atoms with Crippen molar-refractivity contribution in [3.63, 3.8) is 0 Å². The number of nitro groups is 1. The van der Waals surface area contributed by atoms with Gasteiger partial charge in [0.05, 0.1) is 17.1 Å². The Morgan fingerprint density at radius 1 is 1.59 bits per heavy atom. The van der Waals surface area contributed by atoms with E-state index in [1.807, 2.05) is 13.8 Å². The van der Waals surface area contributed by atoms with Crippen molar-refractivity contribution in [2.75, 3.05) is 11.9 Å².